The summed E-state index contributed by atoms with van der Waals surface area (Å²) in [6.45, 7) is 7.83. The largest absolute Gasteiger partial charge is 0.481 e. The Hall–Kier alpha value is -2.36. The number of benzene rings is 1. The zero-order valence-electron chi connectivity index (χ0n) is 14.8. The minimum absolute atomic E-state index is 0.0779. The molecule has 1 aliphatic rings. The number of hydrogen-bond acceptors (Lipinski definition) is 2. The van der Waals surface area contributed by atoms with E-state index in [1.807, 2.05) is 6.07 Å². The maximum absolute atomic E-state index is 11.0. The van der Waals surface area contributed by atoms with Crippen molar-refractivity contribution in [2.24, 2.45) is 13.0 Å². The Morgan fingerprint density at radius 3 is 2.46 bits per heavy atom. The first-order valence-electron chi connectivity index (χ1n) is 8.35. The van der Waals surface area contributed by atoms with Crippen molar-refractivity contribution in [2.45, 2.75) is 26.2 Å². The van der Waals surface area contributed by atoms with E-state index < -0.39 is 5.97 Å². The van der Waals surface area contributed by atoms with Crippen LogP contribution in [0.3, 0.4) is 0 Å². The molecule has 3 rings (SSSR count). The topological polar surface area (TPSA) is 44.4 Å². The molecule has 0 radical (unpaired) electrons. The smallest absolute Gasteiger partial charge is 0.310 e. The zero-order valence-corrected chi connectivity index (χ0v) is 14.8. The van der Waals surface area contributed by atoms with Gasteiger partial charge in [0.05, 0.1) is 5.92 Å². The minimum Gasteiger partial charge on any atom is -0.481 e. The molecule has 2 aromatic rings. The predicted octanol–water partition coefficient (Wildman–Crippen LogP) is 3.00. The van der Waals surface area contributed by atoms with Crippen LogP contribution in [0.4, 0.5) is 5.69 Å². The SMILES string of the molecule is C[n+]1c(-c2cccc(N3CC(C(=O)O)C3)c2)cccc1C(C)(C)C. The van der Waals surface area contributed by atoms with E-state index in [4.69, 9.17) is 5.11 Å². The molecule has 0 amide bonds. The lowest BCUT2D eigenvalue weighted by Crippen LogP contribution is -2.50. The Labute approximate surface area is 143 Å². The average Bonchev–Trinajstić information content (AvgIpc) is 2.44. The van der Waals surface area contributed by atoms with Gasteiger partial charge in [-0.3, -0.25) is 4.79 Å². The van der Waals surface area contributed by atoms with Crippen molar-refractivity contribution in [1.82, 2.24) is 0 Å². The van der Waals surface area contributed by atoms with Gasteiger partial charge in [0, 0.05) is 41.9 Å². The number of carboxylic acids is 1. The molecule has 0 saturated carbocycles. The van der Waals surface area contributed by atoms with Gasteiger partial charge in [0.1, 0.15) is 7.05 Å². The van der Waals surface area contributed by atoms with Gasteiger partial charge in [0.2, 0.25) is 5.69 Å². The maximum Gasteiger partial charge on any atom is 0.310 e. The molecule has 2 heterocycles. The molecule has 0 spiro atoms. The number of carboxylic acid groups (broad SMARTS) is 1. The van der Waals surface area contributed by atoms with E-state index >= 15 is 0 Å². The van der Waals surface area contributed by atoms with Crippen LogP contribution >= 0.6 is 0 Å². The van der Waals surface area contributed by atoms with Gasteiger partial charge in [-0.1, -0.05) is 26.8 Å². The fraction of sp³-hybridized carbons (Fsp3) is 0.400. The average molecular weight is 325 g/mol. The van der Waals surface area contributed by atoms with Gasteiger partial charge in [-0.2, -0.15) is 4.57 Å². The molecular formula is C20H25N2O2+. The zero-order chi connectivity index (χ0) is 17.5. The number of anilines is 1. The monoisotopic (exact) mass is 325 g/mol. The van der Waals surface area contributed by atoms with Crippen LogP contribution in [0.2, 0.25) is 0 Å². The first-order chi connectivity index (χ1) is 11.3. The molecule has 1 aromatic carbocycles. The molecule has 0 unspecified atom stereocenters. The first-order valence-corrected chi connectivity index (χ1v) is 8.35. The number of hydrogen-bond donors (Lipinski definition) is 1. The third-order valence-corrected chi connectivity index (χ3v) is 4.74. The quantitative estimate of drug-likeness (QED) is 0.882. The van der Waals surface area contributed by atoms with Gasteiger partial charge in [0.15, 0.2) is 5.69 Å². The summed E-state index contributed by atoms with van der Waals surface area (Å²) >= 11 is 0. The van der Waals surface area contributed by atoms with Crippen LogP contribution in [0.5, 0.6) is 0 Å². The van der Waals surface area contributed by atoms with Crippen molar-refractivity contribution in [3.05, 3.63) is 48.2 Å². The van der Waals surface area contributed by atoms with E-state index in [1.54, 1.807) is 0 Å². The molecule has 0 bridgehead atoms. The van der Waals surface area contributed by atoms with Gasteiger partial charge in [-0.15, -0.1) is 0 Å². The van der Waals surface area contributed by atoms with Gasteiger partial charge < -0.3 is 10.0 Å². The molecule has 1 saturated heterocycles. The van der Waals surface area contributed by atoms with Crippen LogP contribution in [-0.2, 0) is 17.3 Å². The Morgan fingerprint density at radius 1 is 1.17 bits per heavy atom. The predicted molar refractivity (Wildman–Crippen MR) is 95.1 cm³/mol. The summed E-state index contributed by atoms with van der Waals surface area (Å²) in [6, 6.07) is 14.8. The maximum atomic E-state index is 11.0. The third kappa shape index (κ3) is 3.01. The van der Waals surface area contributed by atoms with Crippen molar-refractivity contribution in [1.29, 1.82) is 0 Å². The van der Waals surface area contributed by atoms with E-state index in [9.17, 15) is 4.79 Å². The second-order valence-corrected chi connectivity index (χ2v) is 7.60. The lowest BCUT2D eigenvalue weighted by molar-refractivity contribution is -0.671. The van der Waals surface area contributed by atoms with Gasteiger partial charge in [-0.25, -0.2) is 0 Å². The summed E-state index contributed by atoms with van der Waals surface area (Å²) in [7, 11) is 2.10. The van der Waals surface area contributed by atoms with Gasteiger partial charge in [0.25, 0.3) is 0 Å². The Morgan fingerprint density at radius 2 is 1.83 bits per heavy atom. The highest BCUT2D eigenvalue weighted by Gasteiger charge is 2.33. The first kappa shape index (κ1) is 16.5. The van der Waals surface area contributed by atoms with Crippen LogP contribution < -0.4 is 9.47 Å². The lowest BCUT2D eigenvalue weighted by atomic mass is 9.90. The Kier molecular flexibility index (Phi) is 4.08. The molecule has 4 heteroatoms. The molecular weight excluding hydrogens is 300 g/mol. The number of aliphatic carboxylic acids is 1. The number of carbonyl (C=O) groups is 1. The van der Waals surface area contributed by atoms with Crippen molar-refractivity contribution in [3.63, 3.8) is 0 Å². The minimum atomic E-state index is -0.702. The highest BCUT2D eigenvalue weighted by molar-refractivity contribution is 5.75. The summed E-state index contributed by atoms with van der Waals surface area (Å²) < 4.78 is 2.25. The van der Waals surface area contributed by atoms with E-state index in [1.165, 1.54) is 11.4 Å². The standard InChI is InChI=1S/C20H24N2O2/c1-20(2,3)18-10-6-9-17(21(18)4)14-7-5-8-16(11-14)22-12-15(13-22)19(23)24/h5-11,15H,12-13H2,1-4H3/p+1. The van der Waals surface area contributed by atoms with Gasteiger partial charge >= 0.3 is 5.97 Å². The fourth-order valence-corrected chi connectivity index (χ4v) is 3.33. The Bertz CT molecular complexity index is 771. The summed E-state index contributed by atoms with van der Waals surface area (Å²) in [5.74, 6) is -0.944. The fourth-order valence-electron chi connectivity index (χ4n) is 3.33. The summed E-state index contributed by atoms with van der Waals surface area (Å²) in [5, 5.41) is 9.04. The molecule has 24 heavy (non-hydrogen) atoms. The molecule has 1 aromatic heterocycles. The lowest BCUT2D eigenvalue weighted by Gasteiger charge is -2.38. The molecule has 0 aliphatic carbocycles. The molecule has 1 aliphatic heterocycles. The second-order valence-electron chi connectivity index (χ2n) is 7.60. The van der Waals surface area contributed by atoms with Crippen LogP contribution in [0.15, 0.2) is 42.5 Å². The van der Waals surface area contributed by atoms with E-state index in [-0.39, 0.29) is 11.3 Å². The van der Waals surface area contributed by atoms with Crippen LogP contribution in [-0.4, -0.2) is 24.2 Å². The van der Waals surface area contributed by atoms with Crippen molar-refractivity contribution >= 4 is 11.7 Å². The van der Waals surface area contributed by atoms with Crippen LogP contribution in [0.25, 0.3) is 11.3 Å². The van der Waals surface area contributed by atoms with Crippen molar-refractivity contribution < 1.29 is 14.5 Å². The molecule has 1 fully saturated rings. The van der Waals surface area contributed by atoms with Gasteiger partial charge in [-0.05, 0) is 24.3 Å². The number of pyridine rings is 1. The van der Waals surface area contributed by atoms with Crippen LogP contribution in [0.1, 0.15) is 26.5 Å². The number of rotatable bonds is 3. The van der Waals surface area contributed by atoms with E-state index in [0.29, 0.717) is 13.1 Å². The molecule has 126 valence electrons. The number of aromatic nitrogens is 1. The summed E-state index contributed by atoms with van der Waals surface area (Å²) in [6.07, 6.45) is 0. The molecule has 0 atom stereocenters. The summed E-state index contributed by atoms with van der Waals surface area (Å²) in [5.41, 5.74) is 4.76. The van der Waals surface area contributed by atoms with Crippen molar-refractivity contribution in [2.75, 3.05) is 18.0 Å². The number of nitrogens with zero attached hydrogens (tertiary/aromatic N) is 2. The highest BCUT2D eigenvalue weighted by atomic mass is 16.4. The highest BCUT2D eigenvalue weighted by Crippen LogP contribution is 2.29. The molecule has 4 nitrogen and oxygen atoms in total. The normalized spacial score (nSPS) is 15.2. The van der Waals surface area contributed by atoms with Crippen LogP contribution in [0, 0.1) is 5.92 Å². The van der Waals surface area contributed by atoms with E-state index in [2.05, 4.69) is 73.7 Å². The van der Waals surface area contributed by atoms with Crippen molar-refractivity contribution in [3.8, 4) is 11.3 Å². The Balaban J connectivity index is 1.92. The van der Waals surface area contributed by atoms with E-state index in [0.717, 1.165) is 11.3 Å². The second kappa shape index (κ2) is 5.93. The summed E-state index contributed by atoms with van der Waals surface area (Å²) in [4.78, 5) is 13.1. The molecule has 1 N–H and O–H groups in total. The third-order valence-electron chi connectivity index (χ3n) is 4.74.